The zero-order valence-corrected chi connectivity index (χ0v) is 31.1. The van der Waals surface area contributed by atoms with Crippen molar-refractivity contribution in [3.05, 3.63) is 229 Å². The Morgan fingerprint density at radius 2 is 0.649 bits per heavy atom. The largest absolute Gasteiger partial charge is 0.0732 e. The van der Waals surface area contributed by atoms with Gasteiger partial charge in [0.25, 0.3) is 0 Å². The third-order valence-corrected chi connectivity index (χ3v) is 13.2. The summed E-state index contributed by atoms with van der Waals surface area (Å²) in [5.74, 6) is 0. The molecule has 0 N–H and O–H groups in total. The lowest BCUT2D eigenvalue weighted by atomic mass is 9.68. The van der Waals surface area contributed by atoms with E-state index in [0.29, 0.717) is 0 Å². The van der Waals surface area contributed by atoms with Gasteiger partial charge in [0.05, 0.1) is 5.41 Å². The van der Waals surface area contributed by atoms with E-state index in [1.807, 2.05) is 0 Å². The van der Waals surface area contributed by atoms with E-state index in [1.165, 1.54) is 121 Å². The summed E-state index contributed by atoms with van der Waals surface area (Å²) >= 11 is 0. The third-order valence-electron chi connectivity index (χ3n) is 13.2. The second-order valence-electron chi connectivity index (χ2n) is 15.8. The average molecular weight is 719 g/mol. The van der Waals surface area contributed by atoms with Gasteiger partial charge in [-0.2, -0.15) is 0 Å². The molecule has 11 aromatic rings. The van der Waals surface area contributed by atoms with E-state index in [0.717, 1.165) is 0 Å². The van der Waals surface area contributed by atoms with Gasteiger partial charge < -0.3 is 0 Å². The van der Waals surface area contributed by atoms with Gasteiger partial charge in [-0.3, -0.25) is 0 Å². The minimum Gasteiger partial charge on any atom is -0.0619 e. The molecule has 0 unspecified atom stereocenters. The van der Waals surface area contributed by atoms with E-state index in [4.69, 9.17) is 0 Å². The highest BCUT2D eigenvalue weighted by Crippen LogP contribution is 2.67. The molecule has 0 saturated carbocycles. The fraction of sp³-hybridized carbons (Fsp3) is 0.0175. The van der Waals surface area contributed by atoms with E-state index < -0.39 is 5.41 Å². The SMILES string of the molecule is c1ccc2c(c1)-c1ccccc1C21c2cc(-c3ccc(-c4cc5ccccc5c5ccccc45)cc3)c3ccccc3c2-c2c1c1ccccc1c1ccccc21. The fourth-order valence-electron chi connectivity index (χ4n) is 11.0. The molecule has 13 rings (SSSR count). The van der Waals surface area contributed by atoms with Gasteiger partial charge in [-0.1, -0.05) is 194 Å². The molecule has 0 heteroatoms. The van der Waals surface area contributed by atoms with Gasteiger partial charge in [-0.15, -0.1) is 0 Å². The van der Waals surface area contributed by atoms with E-state index >= 15 is 0 Å². The molecule has 2 aliphatic carbocycles. The van der Waals surface area contributed by atoms with Crippen molar-refractivity contribution in [1.29, 1.82) is 0 Å². The van der Waals surface area contributed by atoms with Crippen LogP contribution in [-0.4, -0.2) is 0 Å². The fourth-order valence-corrected chi connectivity index (χ4v) is 11.0. The topological polar surface area (TPSA) is 0 Å². The Morgan fingerprint density at radius 1 is 0.246 bits per heavy atom. The second kappa shape index (κ2) is 11.4. The van der Waals surface area contributed by atoms with Crippen LogP contribution in [0.25, 0.3) is 98.4 Å². The summed E-state index contributed by atoms with van der Waals surface area (Å²) in [5.41, 5.74) is 15.4. The van der Waals surface area contributed by atoms with Crippen molar-refractivity contribution in [3.8, 4) is 44.5 Å². The van der Waals surface area contributed by atoms with Crippen molar-refractivity contribution in [2.45, 2.75) is 5.41 Å². The highest BCUT2D eigenvalue weighted by molar-refractivity contribution is 6.24. The molecule has 0 aliphatic heterocycles. The molecule has 262 valence electrons. The van der Waals surface area contributed by atoms with Crippen LogP contribution in [0.2, 0.25) is 0 Å². The molecule has 0 atom stereocenters. The zero-order valence-electron chi connectivity index (χ0n) is 31.1. The van der Waals surface area contributed by atoms with Crippen molar-refractivity contribution < 1.29 is 0 Å². The van der Waals surface area contributed by atoms with Gasteiger partial charge in [-0.05, 0) is 133 Å². The number of hydrogen-bond acceptors (Lipinski definition) is 0. The summed E-state index contributed by atoms with van der Waals surface area (Å²) in [7, 11) is 0. The van der Waals surface area contributed by atoms with Crippen molar-refractivity contribution in [2.24, 2.45) is 0 Å². The zero-order chi connectivity index (χ0) is 37.2. The summed E-state index contributed by atoms with van der Waals surface area (Å²) in [5, 5.41) is 13.0. The molecular formula is C57H34. The van der Waals surface area contributed by atoms with Crippen LogP contribution in [0.5, 0.6) is 0 Å². The Labute approximate surface area is 330 Å². The van der Waals surface area contributed by atoms with Crippen molar-refractivity contribution >= 4 is 53.9 Å². The summed E-state index contributed by atoms with van der Waals surface area (Å²) in [6.45, 7) is 0. The number of hydrogen-bond donors (Lipinski definition) is 0. The number of benzene rings is 11. The molecule has 1 spiro atoms. The Kier molecular flexibility index (Phi) is 6.19. The highest BCUT2D eigenvalue weighted by atomic mass is 14.5. The molecule has 0 nitrogen and oxygen atoms in total. The molecule has 57 heavy (non-hydrogen) atoms. The van der Waals surface area contributed by atoms with Gasteiger partial charge in [0.2, 0.25) is 0 Å². The quantitative estimate of drug-likeness (QED) is 0.156. The van der Waals surface area contributed by atoms with Crippen LogP contribution >= 0.6 is 0 Å². The molecule has 0 heterocycles. The van der Waals surface area contributed by atoms with E-state index in [2.05, 4.69) is 206 Å². The van der Waals surface area contributed by atoms with Crippen molar-refractivity contribution in [1.82, 2.24) is 0 Å². The minimum absolute atomic E-state index is 0.496. The predicted octanol–water partition coefficient (Wildman–Crippen LogP) is 15.1. The predicted molar refractivity (Wildman–Crippen MR) is 241 cm³/mol. The van der Waals surface area contributed by atoms with Crippen LogP contribution in [-0.2, 0) is 5.41 Å². The third kappa shape index (κ3) is 3.97. The first kappa shape index (κ1) is 31.0. The average Bonchev–Trinajstić information content (AvgIpc) is 3.77. The summed E-state index contributed by atoms with van der Waals surface area (Å²) < 4.78 is 0. The molecule has 0 fully saturated rings. The Hall–Kier alpha value is -7.28. The lowest BCUT2D eigenvalue weighted by molar-refractivity contribution is 0.803. The maximum absolute atomic E-state index is 2.57. The second-order valence-corrected chi connectivity index (χ2v) is 15.8. The Morgan fingerprint density at radius 3 is 1.26 bits per heavy atom. The van der Waals surface area contributed by atoms with E-state index in [1.54, 1.807) is 0 Å². The van der Waals surface area contributed by atoms with Gasteiger partial charge in [-0.25, -0.2) is 0 Å². The van der Waals surface area contributed by atoms with Gasteiger partial charge in [0, 0.05) is 0 Å². The first-order valence-electron chi connectivity index (χ1n) is 20.0. The summed E-state index contributed by atoms with van der Waals surface area (Å²) in [6.07, 6.45) is 0. The van der Waals surface area contributed by atoms with Crippen molar-refractivity contribution in [3.63, 3.8) is 0 Å². The molecule has 11 aromatic carbocycles. The molecule has 0 bridgehead atoms. The number of fused-ring (bicyclic) bond motifs is 20. The lowest BCUT2D eigenvalue weighted by Crippen LogP contribution is -2.26. The molecule has 0 saturated heterocycles. The normalized spacial score (nSPS) is 13.4. The van der Waals surface area contributed by atoms with Crippen LogP contribution in [0.4, 0.5) is 0 Å². The molecule has 2 aliphatic rings. The first-order valence-corrected chi connectivity index (χ1v) is 20.0. The molecule has 0 radical (unpaired) electrons. The van der Waals surface area contributed by atoms with Gasteiger partial charge in [0.15, 0.2) is 0 Å². The van der Waals surface area contributed by atoms with Crippen LogP contribution in [0, 0.1) is 0 Å². The standard InChI is InChI=1S/C57H34/c1-2-16-38-37(15-1)33-49(42-20-4-3-17-39(38)42)35-29-31-36(32-30-35)50-34-53-54(46-24-8-6-21-43(46)50)55-47-25-9-5-18-40(47)41-19-7-10-26-48(41)56(55)57(53)51-27-13-11-22-44(51)45-23-12-14-28-52(45)57/h1-34H. The lowest BCUT2D eigenvalue weighted by Gasteiger charge is -2.32. The Bertz CT molecular complexity index is 3460. The summed E-state index contributed by atoms with van der Waals surface area (Å²) in [4.78, 5) is 0. The summed E-state index contributed by atoms with van der Waals surface area (Å²) in [6, 6.07) is 77.6. The first-order chi connectivity index (χ1) is 28.3. The van der Waals surface area contributed by atoms with Crippen molar-refractivity contribution in [2.75, 3.05) is 0 Å². The number of rotatable bonds is 2. The van der Waals surface area contributed by atoms with Crippen LogP contribution in [0.3, 0.4) is 0 Å². The monoisotopic (exact) mass is 718 g/mol. The molecular weight excluding hydrogens is 685 g/mol. The molecule has 0 amide bonds. The molecule has 0 aromatic heterocycles. The van der Waals surface area contributed by atoms with Gasteiger partial charge in [0.1, 0.15) is 0 Å². The van der Waals surface area contributed by atoms with Crippen LogP contribution in [0.15, 0.2) is 206 Å². The van der Waals surface area contributed by atoms with Crippen LogP contribution in [0.1, 0.15) is 22.3 Å². The maximum atomic E-state index is 2.57. The smallest absolute Gasteiger partial charge is 0.0619 e. The van der Waals surface area contributed by atoms with E-state index in [9.17, 15) is 0 Å². The van der Waals surface area contributed by atoms with Crippen LogP contribution < -0.4 is 0 Å². The van der Waals surface area contributed by atoms with Gasteiger partial charge >= 0.3 is 0 Å². The Balaban J connectivity index is 1.14. The van der Waals surface area contributed by atoms with E-state index in [-0.39, 0.29) is 0 Å². The highest BCUT2D eigenvalue weighted by Gasteiger charge is 2.53. The minimum atomic E-state index is -0.496. The maximum Gasteiger partial charge on any atom is 0.0732 e.